The number of benzene rings is 2. The van der Waals surface area contributed by atoms with Crippen LogP contribution in [0.15, 0.2) is 48.5 Å². The molecule has 1 aliphatic heterocycles. The summed E-state index contributed by atoms with van der Waals surface area (Å²) in [6.07, 6.45) is 1.05. The lowest BCUT2D eigenvalue weighted by Crippen LogP contribution is -2.31. The molecule has 2 aromatic carbocycles. The van der Waals surface area contributed by atoms with Crippen molar-refractivity contribution in [1.82, 2.24) is 10.2 Å². The van der Waals surface area contributed by atoms with E-state index in [2.05, 4.69) is 16.3 Å². The third-order valence-corrected chi connectivity index (χ3v) is 4.60. The molecule has 1 atom stereocenters. The van der Waals surface area contributed by atoms with Gasteiger partial charge in [-0.15, -0.1) is 0 Å². The second kappa shape index (κ2) is 7.82. The van der Waals surface area contributed by atoms with Crippen LogP contribution in [-0.2, 0) is 6.54 Å². The molecule has 0 unspecified atom stereocenters. The average Bonchev–Trinajstić information content (AvgIpc) is 3.07. The van der Waals surface area contributed by atoms with Crippen LogP contribution in [0.3, 0.4) is 0 Å². The number of nitrogen functional groups attached to an aromatic ring is 1. The molecule has 25 heavy (non-hydrogen) atoms. The largest absolute Gasteiger partial charge is 0.399 e. The molecule has 2 aromatic rings. The molecule has 1 fully saturated rings. The Morgan fingerprint density at radius 3 is 2.92 bits per heavy atom. The van der Waals surface area contributed by atoms with Crippen molar-refractivity contribution in [2.45, 2.75) is 13.0 Å². The number of carbonyl (C=O) groups is 1. The molecule has 128 valence electrons. The summed E-state index contributed by atoms with van der Waals surface area (Å²) in [5, 5.41) is 12.2. The minimum atomic E-state index is -0.0828. The summed E-state index contributed by atoms with van der Waals surface area (Å²) in [6, 6.07) is 17.0. The highest BCUT2D eigenvalue weighted by Crippen LogP contribution is 2.20. The second-order valence-corrected chi connectivity index (χ2v) is 6.49. The van der Waals surface area contributed by atoms with Crippen LogP contribution < -0.4 is 11.1 Å². The molecule has 0 saturated carbocycles. The van der Waals surface area contributed by atoms with E-state index in [1.54, 1.807) is 24.3 Å². The fourth-order valence-corrected chi connectivity index (χ4v) is 3.25. The fraction of sp³-hybridized carbons (Fsp3) is 0.300. The van der Waals surface area contributed by atoms with Crippen LogP contribution in [0.5, 0.6) is 0 Å². The standard InChI is InChI=1S/C20H22N4O/c21-11-17-4-1-2-5-18(17)14-24-9-8-15(13-24)12-23-20(25)16-6-3-7-19(22)10-16/h1-7,10,15H,8-9,12-14,22H2,(H,23,25)/t15-/m0/s1. The quantitative estimate of drug-likeness (QED) is 0.823. The van der Waals surface area contributed by atoms with Gasteiger partial charge in [-0.05, 0) is 48.7 Å². The van der Waals surface area contributed by atoms with Gasteiger partial charge >= 0.3 is 0 Å². The SMILES string of the molecule is N#Cc1ccccc1CN1CC[C@@H](CNC(=O)c2cccc(N)c2)C1. The molecule has 3 N–H and O–H groups in total. The molecule has 1 amide bonds. The summed E-state index contributed by atoms with van der Waals surface area (Å²) >= 11 is 0. The first-order chi connectivity index (χ1) is 12.2. The Bertz CT molecular complexity index is 796. The van der Waals surface area contributed by atoms with Crippen LogP contribution in [-0.4, -0.2) is 30.4 Å². The lowest BCUT2D eigenvalue weighted by molar-refractivity contribution is 0.0947. The smallest absolute Gasteiger partial charge is 0.251 e. The maximum atomic E-state index is 12.2. The van der Waals surface area contributed by atoms with E-state index in [9.17, 15) is 10.1 Å². The van der Waals surface area contributed by atoms with Gasteiger partial charge in [0.25, 0.3) is 5.91 Å². The van der Waals surface area contributed by atoms with Gasteiger partial charge in [-0.1, -0.05) is 24.3 Å². The van der Waals surface area contributed by atoms with Gasteiger partial charge in [-0.2, -0.15) is 5.26 Å². The number of hydrogen-bond donors (Lipinski definition) is 2. The normalized spacial score (nSPS) is 17.2. The van der Waals surface area contributed by atoms with Crippen LogP contribution in [0.1, 0.15) is 27.9 Å². The van der Waals surface area contributed by atoms with E-state index in [1.165, 1.54) is 0 Å². The summed E-state index contributed by atoms with van der Waals surface area (Å²) in [5.41, 5.74) is 8.71. The molecule has 1 heterocycles. The van der Waals surface area contributed by atoms with E-state index in [1.807, 2.05) is 24.3 Å². The Labute approximate surface area is 148 Å². The van der Waals surface area contributed by atoms with E-state index < -0.39 is 0 Å². The highest BCUT2D eigenvalue weighted by Gasteiger charge is 2.23. The summed E-state index contributed by atoms with van der Waals surface area (Å²) in [6.45, 7) is 3.35. The number of nitrogens with two attached hydrogens (primary N) is 1. The molecule has 3 rings (SSSR count). The number of rotatable bonds is 5. The number of anilines is 1. The highest BCUT2D eigenvalue weighted by atomic mass is 16.1. The van der Waals surface area contributed by atoms with Crippen LogP contribution in [0.25, 0.3) is 0 Å². The monoisotopic (exact) mass is 334 g/mol. The summed E-state index contributed by atoms with van der Waals surface area (Å²) in [7, 11) is 0. The molecule has 1 aliphatic rings. The van der Waals surface area contributed by atoms with E-state index >= 15 is 0 Å². The van der Waals surface area contributed by atoms with E-state index in [0.29, 0.717) is 23.7 Å². The molecule has 5 heteroatoms. The topological polar surface area (TPSA) is 82.2 Å². The van der Waals surface area contributed by atoms with Crippen molar-refractivity contribution in [1.29, 1.82) is 5.26 Å². The molecule has 0 radical (unpaired) electrons. The van der Waals surface area contributed by atoms with E-state index in [4.69, 9.17) is 5.73 Å². The first-order valence-corrected chi connectivity index (χ1v) is 8.50. The summed E-state index contributed by atoms with van der Waals surface area (Å²) in [5.74, 6) is 0.347. The van der Waals surface area contributed by atoms with Gasteiger partial charge in [-0.25, -0.2) is 0 Å². The van der Waals surface area contributed by atoms with Crippen molar-refractivity contribution in [3.05, 3.63) is 65.2 Å². The minimum absolute atomic E-state index is 0.0828. The van der Waals surface area contributed by atoms with Gasteiger partial charge in [0, 0.05) is 30.9 Å². The van der Waals surface area contributed by atoms with Crippen molar-refractivity contribution in [2.24, 2.45) is 5.92 Å². The number of nitrogens with one attached hydrogen (secondary N) is 1. The second-order valence-electron chi connectivity index (χ2n) is 6.49. The summed E-state index contributed by atoms with van der Waals surface area (Å²) < 4.78 is 0. The number of nitriles is 1. The number of nitrogens with zero attached hydrogens (tertiary/aromatic N) is 2. The number of hydrogen-bond acceptors (Lipinski definition) is 4. The molecule has 5 nitrogen and oxygen atoms in total. The van der Waals surface area contributed by atoms with E-state index in [0.717, 1.165) is 37.2 Å². The van der Waals surface area contributed by atoms with Gasteiger partial charge in [0.1, 0.15) is 0 Å². The molecule has 0 spiro atoms. The highest BCUT2D eigenvalue weighted by molar-refractivity contribution is 5.94. The van der Waals surface area contributed by atoms with Gasteiger partial charge in [0.05, 0.1) is 11.6 Å². The Kier molecular flexibility index (Phi) is 5.32. The van der Waals surface area contributed by atoms with Crippen molar-refractivity contribution < 1.29 is 4.79 Å². The zero-order valence-corrected chi connectivity index (χ0v) is 14.1. The Balaban J connectivity index is 1.50. The zero-order chi connectivity index (χ0) is 17.6. The molecule has 0 aromatic heterocycles. The van der Waals surface area contributed by atoms with Gasteiger partial charge in [-0.3, -0.25) is 9.69 Å². The van der Waals surface area contributed by atoms with Crippen LogP contribution >= 0.6 is 0 Å². The van der Waals surface area contributed by atoms with Crippen molar-refractivity contribution >= 4 is 11.6 Å². The third kappa shape index (κ3) is 4.37. The Morgan fingerprint density at radius 1 is 1.28 bits per heavy atom. The number of likely N-dealkylation sites (tertiary alicyclic amines) is 1. The molecule has 0 aliphatic carbocycles. The van der Waals surface area contributed by atoms with Gasteiger partial charge in [0.2, 0.25) is 0 Å². The summed E-state index contributed by atoms with van der Waals surface area (Å²) in [4.78, 5) is 14.5. The maximum Gasteiger partial charge on any atom is 0.251 e. The van der Waals surface area contributed by atoms with Crippen LogP contribution in [0.2, 0.25) is 0 Å². The molecular weight excluding hydrogens is 312 g/mol. The Hall–Kier alpha value is -2.84. The fourth-order valence-electron chi connectivity index (χ4n) is 3.25. The first-order valence-electron chi connectivity index (χ1n) is 8.50. The number of amides is 1. The first kappa shape index (κ1) is 17.0. The van der Waals surface area contributed by atoms with Crippen molar-refractivity contribution in [2.75, 3.05) is 25.4 Å². The van der Waals surface area contributed by atoms with Crippen molar-refractivity contribution in [3.8, 4) is 6.07 Å². The van der Waals surface area contributed by atoms with Crippen LogP contribution in [0.4, 0.5) is 5.69 Å². The molecular formula is C20H22N4O. The maximum absolute atomic E-state index is 12.2. The minimum Gasteiger partial charge on any atom is -0.399 e. The van der Waals surface area contributed by atoms with Gasteiger partial charge < -0.3 is 11.1 Å². The molecule has 1 saturated heterocycles. The predicted octanol–water partition coefficient (Wildman–Crippen LogP) is 2.39. The van der Waals surface area contributed by atoms with Gasteiger partial charge in [0.15, 0.2) is 0 Å². The lowest BCUT2D eigenvalue weighted by Gasteiger charge is -2.17. The van der Waals surface area contributed by atoms with Crippen LogP contribution in [0, 0.1) is 17.2 Å². The third-order valence-electron chi connectivity index (χ3n) is 4.60. The Morgan fingerprint density at radius 2 is 2.12 bits per heavy atom. The predicted molar refractivity (Wildman–Crippen MR) is 97.7 cm³/mol. The van der Waals surface area contributed by atoms with E-state index in [-0.39, 0.29) is 5.91 Å². The van der Waals surface area contributed by atoms with Crippen molar-refractivity contribution in [3.63, 3.8) is 0 Å². The number of carbonyl (C=O) groups excluding carboxylic acids is 1. The lowest BCUT2D eigenvalue weighted by atomic mass is 10.1. The average molecular weight is 334 g/mol. The zero-order valence-electron chi connectivity index (χ0n) is 14.1. The molecule has 0 bridgehead atoms.